The number of nitrogens with one attached hydrogen (secondary N) is 2. The van der Waals surface area contributed by atoms with E-state index in [1.807, 2.05) is 18.2 Å². The number of urea groups is 1. The zero-order valence-corrected chi connectivity index (χ0v) is 16.3. The Balaban J connectivity index is 1.54. The molecule has 1 heterocycles. The number of benzene rings is 1. The van der Waals surface area contributed by atoms with Crippen molar-refractivity contribution < 1.29 is 23.9 Å². The van der Waals surface area contributed by atoms with Crippen LogP contribution < -0.4 is 10.6 Å². The zero-order valence-electron chi connectivity index (χ0n) is 16.3. The number of rotatable bonds is 6. The number of ether oxygens (including phenoxy) is 1. The van der Waals surface area contributed by atoms with Gasteiger partial charge < -0.3 is 15.4 Å². The molecule has 0 spiro atoms. The highest BCUT2D eigenvalue weighted by molar-refractivity contribution is 6.08. The fourth-order valence-corrected chi connectivity index (χ4v) is 3.44. The normalized spacial score (nSPS) is 21.9. The van der Waals surface area contributed by atoms with E-state index in [0.29, 0.717) is 12.1 Å². The molecular weight excluding hydrogens is 362 g/mol. The lowest BCUT2D eigenvalue weighted by Gasteiger charge is -2.19. The van der Waals surface area contributed by atoms with Gasteiger partial charge >= 0.3 is 12.0 Å². The van der Waals surface area contributed by atoms with E-state index in [-0.39, 0.29) is 0 Å². The molecule has 8 heteroatoms. The lowest BCUT2D eigenvalue weighted by Crippen LogP contribution is -2.44. The second-order valence-electron chi connectivity index (χ2n) is 7.47. The Morgan fingerprint density at radius 1 is 1.29 bits per heavy atom. The summed E-state index contributed by atoms with van der Waals surface area (Å²) in [6, 6.07) is 5.13. The number of esters is 1. The number of nitrogens with zero attached hydrogens (tertiary/aromatic N) is 1. The summed E-state index contributed by atoms with van der Waals surface area (Å²) in [6.45, 7) is 4.29. The average molecular weight is 387 g/mol. The van der Waals surface area contributed by atoms with Crippen molar-refractivity contribution in [2.45, 2.75) is 58.1 Å². The molecule has 0 unspecified atom stereocenters. The molecule has 0 radical (unpaired) electrons. The number of hydrogen-bond donors (Lipinski definition) is 2. The minimum atomic E-state index is -1.06. The molecule has 1 aliphatic carbocycles. The molecule has 1 aromatic rings. The molecule has 1 saturated heterocycles. The summed E-state index contributed by atoms with van der Waals surface area (Å²) in [6.07, 6.45) is 2.51. The van der Waals surface area contributed by atoms with Gasteiger partial charge in [0.05, 0.1) is 0 Å². The summed E-state index contributed by atoms with van der Waals surface area (Å²) in [4.78, 5) is 49.5. The van der Waals surface area contributed by atoms with Crippen molar-refractivity contribution in [2.75, 3.05) is 11.9 Å². The molecule has 2 N–H and O–H groups in total. The maximum atomic E-state index is 12.3. The van der Waals surface area contributed by atoms with Crippen molar-refractivity contribution in [1.82, 2.24) is 10.2 Å². The van der Waals surface area contributed by atoms with Gasteiger partial charge in [-0.15, -0.1) is 0 Å². The molecular formula is C20H25N3O5. The van der Waals surface area contributed by atoms with Crippen LogP contribution in [0.1, 0.15) is 44.7 Å². The predicted octanol–water partition coefficient (Wildman–Crippen LogP) is 1.77. The third kappa shape index (κ3) is 3.85. The Hall–Kier alpha value is -2.90. The first-order chi connectivity index (χ1) is 13.2. The number of carbonyl (C=O) groups is 4. The summed E-state index contributed by atoms with van der Waals surface area (Å²) >= 11 is 0. The quantitative estimate of drug-likeness (QED) is 0.572. The Labute approximate surface area is 163 Å². The van der Waals surface area contributed by atoms with Gasteiger partial charge in [0, 0.05) is 5.69 Å². The second-order valence-corrected chi connectivity index (χ2v) is 7.47. The van der Waals surface area contributed by atoms with E-state index >= 15 is 0 Å². The van der Waals surface area contributed by atoms with Crippen LogP contribution in [0.2, 0.25) is 0 Å². The molecule has 0 saturated carbocycles. The van der Waals surface area contributed by atoms with Crippen LogP contribution in [-0.4, -0.2) is 46.9 Å². The Morgan fingerprint density at radius 2 is 2.00 bits per heavy atom. The lowest BCUT2D eigenvalue weighted by molar-refractivity contribution is -0.155. The lowest BCUT2D eigenvalue weighted by atomic mass is 9.99. The largest absolute Gasteiger partial charge is 0.451 e. The first-order valence-corrected chi connectivity index (χ1v) is 9.50. The van der Waals surface area contributed by atoms with Gasteiger partial charge in [-0.1, -0.05) is 13.0 Å². The Kier molecular flexibility index (Phi) is 5.40. The van der Waals surface area contributed by atoms with E-state index in [1.54, 1.807) is 13.8 Å². The van der Waals surface area contributed by atoms with E-state index < -0.39 is 42.0 Å². The van der Waals surface area contributed by atoms with Crippen LogP contribution in [0, 0.1) is 0 Å². The van der Waals surface area contributed by atoms with Gasteiger partial charge in [0.15, 0.2) is 6.10 Å². The first kappa shape index (κ1) is 19.9. The van der Waals surface area contributed by atoms with Crippen LogP contribution in [0.4, 0.5) is 10.5 Å². The fraction of sp³-hybridized carbons (Fsp3) is 0.500. The van der Waals surface area contributed by atoms with Gasteiger partial charge in [-0.25, -0.2) is 4.79 Å². The van der Waals surface area contributed by atoms with Gasteiger partial charge in [-0.05, 0) is 62.8 Å². The maximum absolute atomic E-state index is 12.3. The fourth-order valence-electron chi connectivity index (χ4n) is 3.44. The van der Waals surface area contributed by atoms with Gasteiger partial charge in [-0.2, -0.15) is 0 Å². The van der Waals surface area contributed by atoms with E-state index in [4.69, 9.17) is 4.74 Å². The SMILES string of the molecule is CC[C@]1(C)NC(=O)N(CC(=O)O[C@@H](C)C(=O)Nc2ccc3c(c2)CCC3)C1=O. The molecule has 150 valence electrons. The minimum Gasteiger partial charge on any atom is -0.451 e. The van der Waals surface area contributed by atoms with Gasteiger partial charge in [0.25, 0.3) is 11.8 Å². The van der Waals surface area contributed by atoms with E-state index in [9.17, 15) is 19.2 Å². The van der Waals surface area contributed by atoms with Crippen molar-refractivity contribution in [3.8, 4) is 0 Å². The van der Waals surface area contributed by atoms with E-state index in [2.05, 4.69) is 10.6 Å². The molecule has 1 aromatic carbocycles. The Morgan fingerprint density at radius 3 is 2.68 bits per heavy atom. The van der Waals surface area contributed by atoms with Crippen molar-refractivity contribution in [3.05, 3.63) is 29.3 Å². The smallest absolute Gasteiger partial charge is 0.327 e. The zero-order chi connectivity index (χ0) is 20.5. The van der Waals surface area contributed by atoms with E-state index in [0.717, 1.165) is 24.2 Å². The summed E-state index contributed by atoms with van der Waals surface area (Å²) in [5.41, 5.74) is 2.15. The standard InChI is InChI=1S/C20H25N3O5/c1-4-20(3)18(26)23(19(27)22-20)11-16(24)28-12(2)17(25)21-15-9-8-13-6-5-7-14(13)10-15/h8-10,12H,4-7,11H2,1-3H3,(H,21,25)(H,22,27)/t12-,20-/m0/s1. The molecule has 8 nitrogen and oxygen atoms in total. The summed E-state index contributed by atoms with van der Waals surface area (Å²) < 4.78 is 5.11. The van der Waals surface area contributed by atoms with Gasteiger partial charge in [-0.3, -0.25) is 19.3 Å². The highest BCUT2D eigenvalue weighted by atomic mass is 16.5. The highest BCUT2D eigenvalue weighted by Gasteiger charge is 2.47. The molecule has 1 aliphatic heterocycles. The van der Waals surface area contributed by atoms with E-state index in [1.165, 1.54) is 18.1 Å². The van der Waals surface area contributed by atoms with Crippen LogP contribution in [0.3, 0.4) is 0 Å². The number of imide groups is 1. The summed E-state index contributed by atoms with van der Waals surface area (Å²) in [5, 5.41) is 5.30. The van der Waals surface area contributed by atoms with Crippen LogP contribution in [-0.2, 0) is 32.0 Å². The maximum Gasteiger partial charge on any atom is 0.327 e. The number of fused-ring (bicyclic) bond motifs is 1. The van der Waals surface area contributed by atoms with Gasteiger partial charge in [0.1, 0.15) is 12.1 Å². The molecule has 2 atom stereocenters. The average Bonchev–Trinajstić information content (AvgIpc) is 3.20. The van der Waals surface area contributed by atoms with Crippen LogP contribution in [0.25, 0.3) is 0 Å². The third-order valence-corrected chi connectivity index (χ3v) is 5.38. The molecule has 3 rings (SSSR count). The van der Waals surface area contributed by atoms with Crippen molar-refractivity contribution in [2.24, 2.45) is 0 Å². The first-order valence-electron chi connectivity index (χ1n) is 9.50. The Bertz CT molecular complexity index is 837. The number of amides is 4. The molecule has 4 amide bonds. The molecule has 28 heavy (non-hydrogen) atoms. The molecule has 0 bridgehead atoms. The molecule has 2 aliphatic rings. The highest BCUT2D eigenvalue weighted by Crippen LogP contribution is 2.25. The van der Waals surface area contributed by atoms with Crippen LogP contribution in [0.15, 0.2) is 18.2 Å². The number of aryl methyl sites for hydroxylation is 2. The summed E-state index contributed by atoms with van der Waals surface area (Å²) in [7, 11) is 0. The number of anilines is 1. The number of hydrogen-bond acceptors (Lipinski definition) is 5. The molecule has 0 aromatic heterocycles. The third-order valence-electron chi connectivity index (χ3n) is 5.38. The summed E-state index contributed by atoms with van der Waals surface area (Å²) in [5.74, 6) is -1.77. The predicted molar refractivity (Wildman–Crippen MR) is 102 cm³/mol. The van der Waals surface area contributed by atoms with Crippen molar-refractivity contribution >= 4 is 29.5 Å². The topological polar surface area (TPSA) is 105 Å². The second kappa shape index (κ2) is 7.61. The van der Waals surface area contributed by atoms with Crippen molar-refractivity contribution in [3.63, 3.8) is 0 Å². The van der Waals surface area contributed by atoms with Crippen LogP contribution in [0.5, 0.6) is 0 Å². The van der Waals surface area contributed by atoms with Crippen molar-refractivity contribution in [1.29, 1.82) is 0 Å². The molecule has 1 fully saturated rings. The van der Waals surface area contributed by atoms with Gasteiger partial charge in [0.2, 0.25) is 0 Å². The minimum absolute atomic E-state index is 0.405. The number of carbonyl (C=O) groups excluding carboxylic acids is 4. The van der Waals surface area contributed by atoms with Crippen LogP contribution >= 0.6 is 0 Å². The monoisotopic (exact) mass is 387 g/mol.